The number of H-pyrrole nitrogens is 2. The molecule has 0 bridgehead atoms. The van der Waals surface area contributed by atoms with Gasteiger partial charge >= 0.3 is 5.69 Å². The fourth-order valence-corrected chi connectivity index (χ4v) is 3.34. The molecule has 1 aromatic carbocycles. The van der Waals surface area contributed by atoms with Gasteiger partial charge in [-0.05, 0) is 54.2 Å². The summed E-state index contributed by atoms with van der Waals surface area (Å²) in [5.74, 6) is 0. The quantitative estimate of drug-likeness (QED) is 0.792. The van der Waals surface area contributed by atoms with Crippen LogP contribution in [0.25, 0.3) is 11.0 Å². The van der Waals surface area contributed by atoms with E-state index in [2.05, 4.69) is 45.1 Å². The van der Waals surface area contributed by atoms with Gasteiger partial charge in [-0.1, -0.05) is 6.92 Å². The van der Waals surface area contributed by atoms with E-state index in [1.807, 2.05) is 12.1 Å². The maximum absolute atomic E-state index is 11.4. The summed E-state index contributed by atoms with van der Waals surface area (Å²) in [7, 11) is 0. The number of rotatable bonds is 3. The molecule has 5 nitrogen and oxygen atoms in total. The summed E-state index contributed by atoms with van der Waals surface area (Å²) in [6, 6.07) is 4.27. The minimum absolute atomic E-state index is 0.0467. The van der Waals surface area contributed by atoms with Crippen molar-refractivity contribution in [3.05, 3.63) is 27.1 Å². The van der Waals surface area contributed by atoms with Gasteiger partial charge in [0.05, 0.1) is 22.3 Å². The molecule has 1 fully saturated rings. The largest absolute Gasteiger partial charge is 0.381 e. The predicted molar refractivity (Wildman–Crippen MR) is 87.9 cm³/mol. The van der Waals surface area contributed by atoms with Gasteiger partial charge in [-0.3, -0.25) is 0 Å². The Balaban J connectivity index is 1.84. The molecular formula is C15H20BrN3O2. The minimum Gasteiger partial charge on any atom is -0.381 e. The lowest BCUT2D eigenvalue weighted by Crippen LogP contribution is -2.41. The average Bonchev–Trinajstić information content (AvgIpc) is 2.78. The van der Waals surface area contributed by atoms with Gasteiger partial charge in [0.1, 0.15) is 0 Å². The van der Waals surface area contributed by atoms with Crippen molar-refractivity contribution in [2.75, 3.05) is 11.9 Å². The van der Waals surface area contributed by atoms with Gasteiger partial charge in [0.2, 0.25) is 0 Å². The predicted octanol–water partition coefficient (Wildman–Crippen LogP) is 3.38. The molecule has 0 saturated carbocycles. The lowest BCUT2D eigenvalue weighted by molar-refractivity contribution is -0.0708. The van der Waals surface area contributed by atoms with Crippen molar-refractivity contribution in [2.24, 2.45) is 0 Å². The number of aromatic amines is 2. The molecule has 0 radical (unpaired) electrons. The molecule has 21 heavy (non-hydrogen) atoms. The minimum atomic E-state index is -0.182. The zero-order valence-electron chi connectivity index (χ0n) is 12.3. The number of aromatic nitrogens is 2. The van der Waals surface area contributed by atoms with E-state index in [4.69, 9.17) is 4.74 Å². The Hall–Kier alpha value is -1.27. The molecule has 2 aromatic rings. The smallest absolute Gasteiger partial charge is 0.323 e. The van der Waals surface area contributed by atoms with E-state index in [9.17, 15) is 4.79 Å². The van der Waals surface area contributed by atoms with Crippen molar-refractivity contribution >= 4 is 32.7 Å². The van der Waals surface area contributed by atoms with Gasteiger partial charge in [-0.15, -0.1) is 0 Å². The second kappa shape index (κ2) is 5.50. The lowest BCUT2D eigenvalue weighted by Gasteiger charge is -2.38. The van der Waals surface area contributed by atoms with Crippen LogP contribution < -0.4 is 11.0 Å². The number of ether oxygens (including phenoxy) is 1. The molecule has 114 valence electrons. The lowest BCUT2D eigenvalue weighted by atomic mass is 9.90. The van der Waals surface area contributed by atoms with E-state index in [1.54, 1.807) is 0 Å². The Kier molecular flexibility index (Phi) is 3.84. The third-order valence-electron chi connectivity index (χ3n) is 4.31. The Labute approximate surface area is 131 Å². The van der Waals surface area contributed by atoms with Crippen LogP contribution >= 0.6 is 15.9 Å². The Bertz CT molecular complexity index is 708. The van der Waals surface area contributed by atoms with Gasteiger partial charge in [0.15, 0.2) is 0 Å². The van der Waals surface area contributed by atoms with Gasteiger partial charge in [-0.25, -0.2) is 4.79 Å². The molecule has 1 aliphatic heterocycles. The maximum Gasteiger partial charge on any atom is 0.323 e. The molecule has 3 rings (SSSR count). The summed E-state index contributed by atoms with van der Waals surface area (Å²) in [5, 5.41) is 3.58. The molecule has 2 heterocycles. The number of anilines is 1. The maximum atomic E-state index is 11.4. The fourth-order valence-electron chi connectivity index (χ4n) is 2.89. The second-order valence-electron chi connectivity index (χ2n) is 5.94. The summed E-state index contributed by atoms with van der Waals surface area (Å²) in [6.07, 6.45) is 2.98. The molecule has 1 saturated heterocycles. The highest BCUT2D eigenvalue weighted by Gasteiger charge is 2.31. The van der Waals surface area contributed by atoms with Crippen molar-refractivity contribution in [3.8, 4) is 0 Å². The van der Waals surface area contributed by atoms with Gasteiger partial charge < -0.3 is 20.0 Å². The number of nitrogens with one attached hydrogen (secondary N) is 3. The molecule has 1 aliphatic rings. The van der Waals surface area contributed by atoms with Crippen LogP contribution in [0.4, 0.5) is 5.69 Å². The molecular weight excluding hydrogens is 334 g/mol. The van der Waals surface area contributed by atoms with Crippen LogP contribution in [0, 0.1) is 0 Å². The van der Waals surface area contributed by atoms with Gasteiger partial charge in [-0.2, -0.15) is 0 Å². The first-order valence-corrected chi connectivity index (χ1v) is 8.10. The summed E-state index contributed by atoms with van der Waals surface area (Å²) >= 11 is 3.57. The fraction of sp³-hybridized carbons (Fsp3) is 0.533. The Morgan fingerprint density at radius 3 is 2.86 bits per heavy atom. The monoisotopic (exact) mass is 353 g/mol. The van der Waals surface area contributed by atoms with Crippen molar-refractivity contribution in [3.63, 3.8) is 0 Å². The second-order valence-corrected chi connectivity index (χ2v) is 6.80. The SMILES string of the molecule is CCC1(C)CC(Nc2cc3[nH]c(=O)[nH]c3cc2Br)CCO1. The van der Waals surface area contributed by atoms with Crippen molar-refractivity contribution < 1.29 is 4.74 Å². The van der Waals surface area contributed by atoms with Crippen LogP contribution in [0.15, 0.2) is 21.4 Å². The highest BCUT2D eigenvalue weighted by Crippen LogP contribution is 2.32. The zero-order valence-corrected chi connectivity index (χ0v) is 13.8. The molecule has 6 heteroatoms. The first kappa shape index (κ1) is 14.7. The van der Waals surface area contributed by atoms with Gasteiger partial charge in [0.25, 0.3) is 0 Å². The van der Waals surface area contributed by atoms with Crippen LogP contribution in [0.3, 0.4) is 0 Å². The summed E-state index contributed by atoms with van der Waals surface area (Å²) in [5.41, 5.74) is 2.40. The molecule has 2 atom stereocenters. The normalized spacial score (nSPS) is 26.1. The molecule has 2 unspecified atom stereocenters. The van der Waals surface area contributed by atoms with Crippen LogP contribution in [-0.4, -0.2) is 28.2 Å². The number of halogens is 1. The summed E-state index contributed by atoms with van der Waals surface area (Å²) < 4.78 is 6.84. The van der Waals surface area contributed by atoms with Crippen molar-refractivity contribution in [2.45, 2.75) is 44.8 Å². The van der Waals surface area contributed by atoms with Crippen LogP contribution in [0.2, 0.25) is 0 Å². The Morgan fingerprint density at radius 2 is 2.14 bits per heavy atom. The van der Waals surface area contributed by atoms with Crippen LogP contribution in [0.5, 0.6) is 0 Å². The van der Waals surface area contributed by atoms with E-state index in [0.717, 1.165) is 47.1 Å². The third-order valence-corrected chi connectivity index (χ3v) is 4.96. The first-order valence-electron chi connectivity index (χ1n) is 7.31. The zero-order chi connectivity index (χ0) is 15.0. The summed E-state index contributed by atoms with van der Waals surface area (Å²) in [6.45, 7) is 5.11. The first-order chi connectivity index (χ1) is 9.99. The molecule has 0 spiro atoms. The average molecular weight is 354 g/mol. The molecule has 0 amide bonds. The van der Waals surface area contributed by atoms with E-state index in [0.29, 0.717) is 6.04 Å². The topological polar surface area (TPSA) is 69.9 Å². The van der Waals surface area contributed by atoms with E-state index >= 15 is 0 Å². The van der Waals surface area contributed by atoms with Gasteiger partial charge in [0, 0.05) is 17.1 Å². The number of hydrogen-bond donors (Lipinski definition) is 3. The molecule has 3 N–H and O–H groups in total. The number of imidazole rings is 1. The van der Waals surface area contributed by atoms with E-state index in [-0.39, 0.29) is 11.3 Å². The molecule has 1 aromatic heterocycles. The standard InChI is InChI=1S/C15H20BrN3O2/c1-3-15(2)8-9(4-5-21-15)17-11-7-13-12(6-10(11)16)18-14(20)19-13/h6-7,9,17H,3-5,8H2,1-2H3,(H2,18,19,20). The number of hydrogen-bond acceptors (Lipinski definition) is 3. The molecule has 0 aliphatic carbocycles. The van der Waals surface area contributed by atoms with E-state index < -0.39 is 0 Å². The number of benzene rings is 1. The highest BCUT2D eigenvalue weighted by atomic mass is 79.9. The Morgan fingerprint density at radius 1 is 1.43 bits per heavy atom. The summed E-state index contributed by atoms with van der Waals surface area (Å²) in [4.78, 5) is 16.9. The third kappa shape index (κ3) is 3.01. The van der Waals surface area contributed by atoms with Crippen molar-refractivity contribution in [1.29, 1.82) is 0 Å². The van der Waals surface area contributed by atoms with E-state index in [1.165, 1.54) is 0 Å². The van der Waals surface area contributed by atoms with Crippen LogP contribution in [0.1, 0.15) is 33.1 Å². The van der Waals surface area contributed by atoms with Crippen LogP contribution in [-0.2, 0) is 4.74 Å². The number of fused-ring (bicyclic) bond motifs is 1. The van der Waals surface area contributed by atoms with Crippen molar-refractivity contribution in [1.82, 2.24) is 9.97 Å². The highest BCUT2D eigenvalue weighted by molar-refractivity contribution is 9.10.